The molecule has 0 amide bonds. The van der Waals surface area contributed by atoms with Gasteiger partial charge in [0.05, 0.1) is 5.41 Å². The number of hydrogen-bond donors (Lipinski definition) is 0. The summed E-state index contributed by atoms with van der Waals surface area (Å²) in [6.45, 7) is 4.74. The van der Waals surface area contributed by atoms with Gasteiger partial charge in [-0.1, -0.05) is 178 Å². The van der Waals surface area contributed by atoms with Gasteiger partial charge in [-0.15, -0.1) is 0 Å². The van der Waals surface area contributed by atoms with E-state index in [1.807, 2.05) is 6.07 Å². The van der Waals surface area contributed by atoms with Crippen molar-refractivity contribution in [3.8, 4) is 33.4 Å². The molecule has 0 bridgehead atoms. The fourth-order valence-corrected chi connectivity index (χ4v) is 10.8. The minimum Gasteiger partial charge on any atom is -0.456 e. The van der Waals surface area contributed by atoms with Gasteiger partial charge in [-0.25, -0.2) is 0 Å². The van der Waals surface area contributed by atoms with Gasteiger partial charge in [-0.3, -0.25) is 0 Å². The smallest absolute Gasteiger partial charge is 0.135 e. The van der Waals surface area contributed by atoms with Crippen molar-refractivity contribution in [3.63, 3.8) is 0 Å². The zero-order chi connectivity index (χ0) is 40.0. The summed E-state index contributed by atoms with van der Waals surface area (Å²) in [5, 5.41) is 2.21. The molecule has 0 aliphatic heterocycles. The fourth-order valence-electron chi connectivity index (χ4n) is 10.8. The number of fused-ring (bicyclic) bond motifs is 9. The van der Waals surface area contributed by atoms with E-state index in [0.717, 1.165) is 39.0 Å². The van der Waals surface area contributed by atoms with Crippen LogP contribution in [0.4, 0.5) is 17.1 Å². The Hall–Kier alpha value is -7.42. The molecule has 2 heteroatoms. The van der Waals surface area contributed by atoms with E-state index in [2.05, 4.69) is 225 Å². The largest absolute Gasteiger partial charge is 0.456 e. The minimum absolute atomic E-state index is 0.140. The number of benzene rings is 9. The summed E-state index contributed by atoms with van der Waals surface area (Å²) < 4.78 is 6.37. The first-order valence-electron chi connectivity index (χ1n) is 20.9. The lowest BCUT2D eigenvalue weighted by atomic mass is 9.67. The Morgan fingerprint density at radius 1 is 0.367 bits per heavy atom. The third kappa shape index (κ3) is 4.88. The fraction of sp³-hybridized carbons (Fsp3) is 0.0690. The molecule has 0 unspecified atom stereocenters. The van der Waals surface area contributed by atoms with Gasteiger partial charge in [0.1, 0.15) is 11.2 Å². The molecule has 0 saturated heterocycles. The third-order valence-electron chi connectivity index (χ3n) is 13.3. The molecule has 1 aromatic heterocycles. The van der Waals surface area contributed by atoms with Crippen LogP contribution < -0.4 is 4.90 Å². The number of furan rings is 1. The summed E-state index contributed by atoms with van der Waals surface area (Å²) in [7, 11) is 0. The molecule has 284 valence electrons. The maximum atomic E-state index is 6.37. The molecule has 9 aromatic carbocycles. The van der Waals surface area contributed by atoms with Crippen molar-refractivity contribution in [2.45, 2.75) is 24.7 Å². The first kappa shape index (κ1) is 34.6. The first-order valence-corrected chi connectivity index (χ1v) is 20.9. The Labute approximate surface area is 350 Å². The van der Waals surface area contributed by atoms with Gasteiger partial charge in [0.25, 0.3) is 0 Å². The Morgan fingerprint density at radius 2 is 0.917 bits per heavy atom. The van der Waals surface area contributed by atoms with Crippen LogP contribution in [0.25, 0.3) is 55.3 Å². The van der Waals surface area contributed by atoms with Crippen LogP contribution in [-0.4, -0.2) is 0 Å². The van der Waals surface area contributed by atoms with Gasteiger partial charge in [-0.05, 0) is 115 Å². The van der Waals surface area contributed by atoms with E-state index in [1.165, 1.54) is 66.8 Å². The number of anilines is 3. The summed E-state index contributed by atoms with van der Waals surface area (Å²) >= 11 is 0. The van der Waals surface area contributed by atoms with Crippen LogP contribution in [0.2, 0.25) is 0 Å². The number of hydrogen-bond acceptors (Lipinski definition) is 2. The number of nitrogens with zero attached hydrogens (tertiary/aromatic N) is 1. The lowest BCUT2D eigenvalue weighted by molar-refractivity contribution is 0.662. The van der Waals surface area contributed by atoms with Crippen molar-refractivity contribution in [3.05, 3.63) is 246 Å². The second kappa shape index (κ2) is 13.0. The molecule has 2 aliphatic carbocycles. The zero-order valence-corrected chi connectivity index (χ0v) is 33.6. The molecule has 1 heterocycles. The molecule has 2 nitrogen and oxygen atoms in total. The van der Waals surface area contributed by atoms with E-state index >= 15 is 0 Å². The summed E-state index contributed by atoms with van der Waals surface area (Å²) in [5.74, 6) is 0. The van der Waals surface area contributed by atoms with Crippen molar-refractivity contribution in [1.29, 1.82) is 0 Å². The molecule has 0 spiro atoms. The summed E-state index contributed by atoms with van der Waals surface area (Å²) in [5.41, 5.74) is 19.8. The van der Waals surface area contributed by atoms with E-state index in [4.69, 9.17) is 4.42 Å². The Morgan fingerprint density at radius 3 is 1.70 bits per heavy atom. The Bertz CT molecular complexity index is 3260. The second-order valence-corrected chi connectivity index (χ2v) is 16.8. The first-order chi connectivity index (χ1) is 29.5. The van der Waals surface area contributed by atoms with Crippen molar-refractivity contribution < 1.29 is 4.42 Å². The molecule has 12 rings (SSSR count). The maximum absolute atomic E-state index is 6.37. The highest BCUT2D eigenvalue weighted by Crippen LogP contribution is 2.58. The molecule has 0 atom stereocenters. The lowest BCUT2D eigenvalue weighted by Crippen LogP contribution is -2.28. The summed E-state index contributed by atoms with van der Waals surface area (Å²) in [6, 6.07) is 78.1. The average molecular weight is 768 g/mol. The molecule has 0 N–H and O–H groups in total. The van der Waals surface area contributed by atoms with Crippen LogP contribution in [-0.2, 0) is 10.8 Å². The predicted molar refractivity (Wildman–Crippen MR) is 249 cm³/mol. The van der Waals surface area contributed by atoms with Gasteiger partial charge in [0.2, 0.25) is 0 Å². The monoisotopic (exact) mass is 767 g/mol. The Balaban J connectivity index is 1.11. The van der Waals surface area contributed by atoms with Crippen LogP contribution in [0.5, 0.6) is 0 Å². The molecule has 60 heavy (non-hydrogen) atoms. The van der Waals surface area contributed by atoms with E-state index in [9.17, 15) is 0 Å². The minimum atomic E-state index is -0.520. The van der Waals surface area contributed by atoms with Crippen molar-refractivity contribution in [2.24, 2.45) is 0 Å². The number of rotatable bonds is 6. The van der Waals surface area contributed by atoms with E-state index < -0.39 is 5.41 Å². The normalized spacial score (nSPS) is 14.1. The number of para-hydroxylation sites is 1. The molecule has 0 radical (unpaired) electrons. The van der Waals surface area contributed by atoms with Crippen molar-refractivity contribution in [2.75, 3.05) is 4.90 Å². The van der Waals surface area contributed by atoms with Crippen molar-refractivity contribution >= 4 is 39.0 Å². The maximum Gasteiger partial charge on any atom is 0.135 e. The lowest BCUT2D eigenvalue weighted by Gasteiger charge is -2.35. The SMILES string of the molecule is CC1(C)c2ccccc2-c2cccc(-c3cccc(N(c4ccc5c(c4)C(c4ccccc4)(c4ccccc4)c4ccccc4-5)c4ccc5oc6ccccc6c5c4)c3)c21. The van der Waals surface area contributed by atoms with Crippen LogP contribution in [0.15, 0.2) is 217 Å². The molecular weight excluding hydrogens is 727 g/mol. The van der Waals surface area contributed by atoms with Gasteiger partial charge in [-0.2, -0.15) is 0 Å². The van der Waals surface area contributed by atoms with Crippen LogP contribution >= 0.6 is 0 Å². The van der Waals surface area contributed by atoms with Crippen LogP contribution in [0.1, 0.15) is 47.2 Å². The average Bonchev–Trinajstić information content (AvgIpc) is 3.91. The molecule has 0 fully saturated rings. The highest BCUT2D eigenvalue weighted by Gasteiger charge is 2.46. The molecule has 2 aliphatic rings. The van der Waals surface area contributed by atoms with Crippen molar-refractivity contribution in [1.82, 2.24) is 0 Å². The van der Waals surface area contributed by atoms with Gasteiger partial charge >= 0.3 is 0 Å². The quantitative estimate of drug-likeness (QED) is 0.168. The highest BCUT2D eigenvalue weighted by atomic mass is 16.3. The van der Waals surface area contributed by atoms with Gasteiger partial charge in [0.15, 0.2) is 0 Å². The van der Waals surface area contributed by atoms with Crippen LogP contribution in [0.3, 0.4) is 0 Å². The standard InChI is InChI=1S/C58H41NO/c1-57(2)51-28-12-9-24-46(51)49-27-16-26-44(56(49)57)38-17-15-22-41(35-38)59(42-32-34-55-50(36-42)48-25-11-14-30-54(48)60-55)43-31-33-47-45-23-10-13-29-52(45)58(53(47)37-43,39-18-5-3-6-19-39)40-20-7-4-8-21-40/h3-37H,1-2H3. The van der Waals surface area contributed by atoms with E-state index in [0.29, 0.717) is 0 Å². The zero-order valence-electron chi connectivity index (χ0n) is 33.6. The summed E-state index contributed by atoms with van der Waals surface area (Å²) in [4.78, 5) is 2.44. The summed E-state index contributed by atoms with van der Waals surface area (Å²) in [6.07, 6.45) is 0. The highest BCUT2D eigenvalue weighted by molar-refractivity contribution is 6.06. The molecular formula is C58H41NO. The third-order valence-corrected chi connectivity index (χ3v) is 13.3. The second-order valence-electron chi connectivity index (χ2n) is 16.8. The van der Waals surface area contributed by atoms with Gasteiger partial charge < -0.3 is 9.32 Å². The van der Waals surface area contributed by atoms with E-state index in [1.54, 1.807) is 0 Å². The predicted octanol–water partition coefficient (Wildman–Crippen LogP) is 15.4. The topological polar surface area (TPSA) is 16.4 Å². The molecule has 10 aromatic rings. The van der Waals surface area contributed by atoms with Crippen LogP contribution in [0, 0.1) is 0 Å². The van der Waals surface area contributed by atoms with E-state index in [-0.39, 0.29) is 5.41 Å². The molecule has 0 saturated carbocycles. The Kier molecular flexibility index (Phi) is 7.52. The van der Waals surface area contributed by atoms with Gasteiger partial charge in [0, 0.05) is 33.2 Å².